The van der Waals surface area contributed by atoms with E-state index in [9.17, 15) is 4.79 Å². The van der Waals surface area contributed by atoms with E-state index in [1.807, 2.05) is 12.3 Å². The smallest absolute Gasteiger partial charge is 0.483 e. The van der Waals surface area contributed by atoms with Crippen molar-refractivity contribution in [2.24, 2.45) is 0 Å². The number of rotatable bonds is 3. The Labute approximate surface area is 95.8 Å². The van der Waals surface area contributed by atoms with Crippen LogP contribution in [0.4, 0.5) is 4.79 Å². The van der Waals surface area contributed by atoms with Crippen molar-refractivity contribution in [1.82, 2.24) is 4.90 Å². The summed E-state index contributed by atoms with van der Waals surface area (Å²) in [4.78, 5) is 12.9. The summed E-state index contributed by atoms with van der Waals surface area (Å²) in [5.74, 6) is -0.929. The highest BCUT2D eigenvalue weighted by Crippen LogP contribution is 2.28. The molecule has 0 bridgehead atoms. The zero-order valence-corrected chi connectivity index (χ0v) is 9.34. The molecular formula is C11H15BN2O2+. The minimum atomic E-state index is -0.929. The Morgan fingerprint density at radius 2 is 2.50 bits per heavy atom. The van der Waals surface area contributed by atoms with Crippen LogP contribution in [0.25, 0.3) is 0 Å². The molecule has 0 saturated carbocycles. The lowest BCUT2D eigenvalue weighted by atomic mass is 9.94. The van der Waals surface area contributed by atoms with Crippen LogP contribution in [0.2, 0.25) is 0 Å². The number of aromatic nitrogens is 1. The summed E-state index contributed by atoms with van der Waals surface area (Å²) < 4.78 is 1.60. The molecule has 4 nitrogen and oxygen atoms in total. The van der Waals surface area contributed by atoms with Gasteiger partial charge in [-0.3, -0.25) is 14.2 Å². The molecule has 2 heterocycles. The van der Waals surface area contributed by atoms with E-state index in [1.54, 1.807) is 10.7 Å². The Morgan fingerprint density at radius 1 is 1.69 bits per heavy atom. The molecule has 2 rings (SSSR count). The lowest BCUT2D eigenvalue weighted by Crippen LogP contribution is -2.44. The van der Waals surface area contributed by atoms with E-state index in [0.717, 1.165) is 13.0 Å². The van der Waals surface area contributed by atoms with Crippen LogP contribution in [-0.4, -0.2) is 36.9 Å². The van der Waals surface area contributed by atoms with Crippen LogP contribution in [-0.2, 0) is 0 Å². The van der Waals surface area contributed by atoms with E-state index in [0.29, 0.717) is 6.04 Å². The second kappa shape index (κ2) is 4.66. The molecule has 1 radical (unpaired) electrons. The first kappa shape index (κ1) is 11.1. The number of carboxylic acid groups (broad SMARTS) is 1. The molecule has 5 heteroatoms. The number of carbonyl (C=O) groups is 1. The molecule has 1 atom stereocenters. The van der Waals surface area contributed by atoms with Gasteiger partial charge in [0, 0.05) is 11.6 Å². The predicted molar refractivity (Wildman–Crippen MR) is 60.4 cm³/mol. The highest BCUT2D eigenvalue weighted by Gasteiger charge is 2.25. The molecule has 1 aliphatic rings. The van der Waals surface area contributed by atoms with Gasteiger partial charge in [-0.05, 0) is 38.6 Å². The molecule has 0 aliphatic carbocycles. The predicted octanol–water partition coefficient (Wildman–Crippen LogP) is 0.886. The Hall–Kier alpha value is -1.36. The summed E-state index contributed by atoms with van der Waals surface area (Å²) in [6, 6.07) is 4.37. The first-order valence-electron chi connectivity index (χ1n) is 5.45. The van der Waals surface area contributed by atoms with Crippen molar-refractivity contribution in [3.05, 3.63) is 30.1 Å². The minimum absolute atomic E-state index is 0.426. The molecule has 0 unspecified atom stereocenters. The van der Waals surface area contributed by atoms with Crippen LogP contribution in [0, 0.1) is 0 Å². The van der Waals surface area contributed by atoms with Crippen molar-refractivity contribution in [2.75, 3.05) is 13.6 Å². The van der Waals surface area contributed by atoms with Gasteiger partial charge in [0.2, 0.25) is 0 Å². The molecular weight excluding hydrogens is 203 g/mol. The first-order valence-corrected chi connectivity index (χ1v) is 5.45. The van der Waals surface area contributed by atoms with Crippen LogP contribution in [0.15, 0.2) is 24.5 Å². The third kappa shape index (κ3) is 2.42. The molecule has 0 aromatic carbocycles. The maximum Gasteiger partial charge on any atom is 0.668 e. The Bertz CT molecular complexity index is 397. The second-order valence-corrected chi connectivity index (χ2v) is 4.19. The van der Waals surface area contributed by atoms with Crippen LogP contribution in [0.3, 0.4) is 0 Å². The average molecular weight is 218 g/mol. The minimum Gasteiger partial charge on any atom is -0.483 e. The Balaban J connectivity index is 2.18. The van der Waals surface area contributed by atoms with E-state index in [2.05, 4.69) is 18.0 Å². The Morgan fingerprint density at radius 3 is 3.12 bits per heavy atom. The number of hydrogen-bond donors (Lipinski definition) is 1. The zero-order valence-electron chi connectivity index (χ0n) is 9.34. The summed E-state index contributed by atoms with van der Waals surface area (Å²) in [6.45, 7) is 1.11. The van der Waals surface area contributed by atoms with Crippen molar-refractivity contribution in [2.45, 2.75) is 18.9 Å². The lowest BCUT2D eigenvalue weighted by molar-refractivity contribution is -0.527. The average Bonchev–Trinajstić information content (AvgIpc) is 2.64. The third-order valence-corrected chi connectivity index (χ3v) is 3.01. The number of nitrogens with zero attached hydrogens (tertiary/aromatic N) is 2. The summed E-state index contributed by atoms with van der Waals surface area (Å²) in [6.07, 6.45) is 5.99. The van der Waals surface area contributed by atoms with Crippen molar-refractivity contribution in [3.8, 4) is 0 Å². The molecule has 0 spiro atoms. The molecule has 83 valence electrons. The molecule has 1 fully saturated rings. The van der Waals surface area contributed by atoms with Gasteiger partial charge >= 0.3 is 13.3 Å². The third-order valence-electron chi connectivity index (χ3n) is 3.01. The van der Waals surface area contributed by atoms with Crippen LogP contribution >= 0.6 is 0 Å². The SMILES string of the molecule is CN1CCC[C@H]1c1ccc[n+]([B]C(=O)O)c1. The molecule has 1 saturated heterocycles. The maximum absolute atomic E-state index is 10.6. The molecule has 16 heavy (non-hydrogen) atoms. The van der Waals surface area contributed by atoms with Gasteiger partial charge in [0.25, 0.3) is 0 Å². The second-order valence-electron chi connectivity index (χ2n) is 4.19. The van der Waals surface area contributed by atoms with Gasteiger partial charge in [-0.2, -0.15) is 0 Å². The van der Waals surface area contributed by atoms with Crippen LogP contribution in [0.1, 0.15) is 24.4 Å². The number of hydrogen-bond acceptors (Lipinski definition) is 2. The molecule has 1 N–H and O–H groups in total. The van der Waals surface area contributed by atoms with Gasteiger partial charge in [0.1, 0.15) is 12.4 Å². The fraction of sp³-hybridized carbons (Fsp3) is 0.455. The summed E-state index contributed by atoms with van der Waals surface area (Å²) in [5.41, 5.74) is 1.18. The van der Waals surface area contributed by atoms with Gasteiger partial charge in [-0.25, -0.2) is 0 Å². The zero-order chi connectivity index (χ0) is 11.5. The standard InChI is InChI=1S/C11H15BN2O2/c1-13-6-3-5-10(13)9-4-2-7-14(8-9)12-11(15)16/h2,4,7-8,10H,3,5-6H2,1H3,(H,15,16)/q+1/t10-/m0/s1. The largest absolute Gasteiger partial charge is 0.668 e. The molecule has 1 aliphatic heterocycles. The van der Waals surface area contributed by atoms with Crippen LogP contribution < -0.4 is 4.48 Å². The van der Waals surface area contributed by atoms with Crippen molar-refractivity contribution >= 4 is 13.3 Å². The van der Waals surface area contributed by atoms with Gasteiger partial charge < -0.3 is 5.11 Å². The summed E-state index contributed by atoms with van der Waals surface area (Å²) in [7, 11) is 3.27. The summed E-state index contributed by atoms with van der Waals surface area (Å²) in [5, 5.41) is 8.69. The van der Waals surface area contributed by atoms with Gasteiger partial charge in [-0.15, -0.1) is 0 Å². The lowest BCUT2D eigenvalue weighted by Gasteiger charge is -2.18. The van der Waals surface area contributed by atoms with Gasteiger partial charge in [0.15, 0.2) is 0 Å². The Kier molecular flexibility index (Phi) is 3.24. The monoisotopic (exact) mass is 218 g/mol. The number of pyridine rings is 1. The topological polar surface area (TPSA) is 44.4 Å². The van der Waals surface area contributed by atoms with Gasteiger partial charge in [-0.1, -0.05) is 0 Å². The summed E-state index contributed by atoms with van der Waals surface area (Å²) >= 11 is 0. The fourth-order valence-corrected chi connectivity index (χ4v) is 2.25. The van der Waals surface area contributed by atoms with E-state index in [-0.39, 0.29) is 0 Å². The molecule has 0 amide bonds. The highest BCUT2D eigenvalue weighted by atomic mass is 16.4. The van der Waals surface area contributed by atoms with Gasteiger partial charge in [0.05, 0.1) is 0 Å². The molecule has 1 aromatic rings. The normalized spacial score (nSPS) is 20.9. The van der Waals surface area contributed by atoms with E-state index in [4.69, 9.17) is 5.11 Å². The molecule has 1 aromatic heterocycles. The van der Waals surface area contributed by atoms with Crippen molar-refractivity contribution in [1.29, 1.82) is 0 Å². The van der Waals surface area contributed by atoms with E-state index in [1.165, 1.54) is 19.4 Å². The van der Waals surface area contributed by atoms with Crippen molar-refractivity contribution in [3.63, 3.8) is 0 Å². The number of likely N-dealkylation sites (tertiary alicyclic amines) is 1. The van der Waals surface area contributed by atoms with E-state index >= 15 is 0 Å². The van der Waals surface area contributed by atoms with E-state index < -0.39 is 5.87 Å². The first-order chi connectivity index (χ1) is 7.66. The fourth-order valence-electron chi connectivity index (χ4n) is 2.25. The maximum atomic E-state index is 10.6. The highest BCUT2D eigenvalue weighted by molar-refractivity contribution is 6.64. The van der Waals surface area contributed by atoms with Crippen molar-refractivity contribution < 1.29 is 14.4 Å². The van der Waals surface area contributed by atoms with Crippen LogP contribution in [0.5, 0.6) is 0 Å². The quantitative estimate of drug-likeness (QED) is 0.766.